The average molecular weight is 264 g/mol. The maximum absolute atomic E-state index is 9.05. The number of aryl methyl sites for hydroxylation is 1. The molecule has 0 spiro atoms. The monoisotopic (exact) mass is 264 g/mol. The molecule has 1 N–H and O–H groups in total. The summed E-state index contributed by atoms with van der Waals surface area (Å²) in [4.78, 5) is 0. The van der Waals surface area contributed by atoms with Gasteiger partial charge in [-0.15, -0.1) is 0 Å². The van der Waals surface area contributed by atoms with Gasteiger partial charge in [-0.2, -0.15) is 5.26 Å². The zero-order chi connectivity index (χ0) is 14.4. The lowest BCUT2D eigenvalue weighted by Gasteiger charge is -2.23. The van der Waals surface area contributed by atoms with E-state index < -0.39 is 0 Å². The SMILES string of the molecule is Cc1ccccc1[C@H](C)NC(CC#N)c1ccccc1. The molecule has 2 nitrogen and oxygen atoms in total. The number of nitriles is 1. The van der Waals surface area contributed by atoms with Crippen molar-refractivity contribution in [2.24, 2.45) is 0 Å². The van der Waals surface area contributed by atoms with E-state index in [-0.39, 0.29) is 12.1 Å². The van der Waals surface area contributed by atoms with Crippen molar-refractivity contribution in [3.8, 4) is 6.07 Å². The first kappa shape index (κ1) is 14.3. The Balaban J connectivity index is 2.17. The first-order valence-corrected chi connectivity index (χ1v) is 6.96. The highest BCUT2D eigenvalue weighted by Crippen LogP contribution is 2.23. The number of nitrogens with zero attached hydrogens (tertiary/aromatic N) is 1. The van der Waals surface area contributed by atoms with E-state index in [1.54, 1.807) is 0 Å². The van der Waals surface area contributed by atoms with Crippen LogP contribution in [0.5, 0.6) is 0 Å². The second-order valence-corrected chi connectivity index (χ2v) is 5.07. The second kappa shape index (κ2) is 6.88. The normalized spacial score (nSPS) is 13.4. The summed E-state index contributed by atoms with van der Waals surface area (Å²) in [5.41, 5.74) is 3.72. The summed E-state index contributed by atoms with van der Waals surface area (Å²) in [6, 6.07) is 21.1. The largest absolute Gasteiger partial charge is 0.302 e. The van der Waals surface area contributed by atoms with Crippen molar-refractivity contribution in [3.05, 3.63) is 71.3 Å². The topological polar surface area (TPSA) is 35.8 Å². The lowest BCUT2D eigenvalue weighted by Crippen LogP contribution is -2.25. The molecule has 2 aromatic rings. The van der Waals surface area contributed by atoms with Crippen molar-refractivity contribution in [2.75, 3.05) is 0 Å². The van der Waals surface area contributed by atoms with Crippen LogP contribution in [0.25, 0.3) is 0 Å². The van der Waals surface area contributed by atoms with Gasteiger partial charge in [-0.1, -0.05) is 54.6 Å². The molecule has 2 aromatic carbocycles. The molecule has 0 saturated carbocycles. The third-order valence-electron chi connectivity index (χ3n) is 3.60. The fourth-order valence-corrected chi connectivity index (χ4v) is 2.51. The molecule has 1 unspecified atom stereocenters. The molecule has 0 aliphatic carbocycles. The van der Waals surface area contributed by atoms with Gasteiger partial charge >= 0.3 is 0 Å². The smallest absolute Gasteiger partial charge is 0.0641 e. The van der Waals surface area contributed by atoms with E-state index in [9.17, 15) is 0 Å². The molecule has 0 amide bonds. The van der Waals surface area contributed by atoms with Crippen LogP contribution in [-0.2, 0) is 0 Å². The Morgan fingerprint density at radius 3 is 2.35 bits per heavy atom. The highest BCUT2D eigenvalue weighted by Gasteiger charge is 2.15. The maximum Gasteiger partial charge on any atom is 0.0641 e. The van der Waals surface area contributed by atoms with Gasteiger partial charge in [-0.05, 0) is 30.5 Å². The molecular weight excluding hydrogens is 244 g/mol. The predicted molar refractivity (Wildman–Crippen MR) is 82.1 cm³/mol. The van der Waals surface area contributed by atoms with E-state index in [1.165, 1.54) is 11.1 Å². The summed E-state index contributed by atoms with van der Waals surface area (Å²) in [6.45, 7) is 4.27. The molecule has 2 rings (SSSR count). The van der Waals surface area contributed by atoms with Crippen LogP contribution in [0.1, 0.15) is 42.1 Å². The van der Waals surface area contributed by atoms with Gasteiger partial charge in [0.15, 0.2) is 0 Å². The Hall–Kier alpha value is -2.11. The molecular formula is C18H20N2. The first-order valence-electron chi connectivity index (χ1n) is 6.96. The van der Waals surface area contributed by atoms with E-state index >= 15 is 0 Å². The van der Waals surface area contributed by atoms with Gasteiger partial charge in [-0.25, -0.2) is 0 Å². The summed E-state index contributed by atoms with van der Waals surface area (Å²) in [5.74, 6) is 0. The standard InChI is InChI=1S/C18H20N2/c1-14-8-6-7-11-17(14)15(2)20-18(12-13-19)16-9-4-3-5-10-16/h3-11,15,18,20H,12H2,1-2H3/t15-,18?/m0/s1. The zero-order valence-corrected chi connectivity index (χ0v) is 12.0. The molecule has 2 heteroatoms. The minimum atomic E-state index is 0.0656. The maximum atomic E-state index is 9.05. The van der Waals surface area contributed by atoms with Crippen LogP contribution in [0.2, 0.25) is 0 Å². The number of hydrogen-bond donors (Lipinski definition) is 1. The molecule has 0 aromatic heterocycles. The summed E-state index contributed by atoms with van der Waals surface area (Å²) in [5, 5.41) is 12.6. The minimum Gasteiger partial charge on any atom is -0.302 e. The molecule has 0 fully saturated rings. The van der Waals surface area contributed by atoms with Crippen LogP contribution < -0.4 is 5.32 Å². The van der Waals surface area contributed by atoms with Crippen molar-refractivity contribution in [1.82, 2.24) is 5.32 Å². The average Bonchev–Trinajstić information content (AvgIpc) is 2.48. The number of hydrogen-bond acceptors (Lipinski definition) is 2. The van der Waals surface area contributed by atoms with Crippen molar-refractivity contribution in [2.45, 2.75) is 32.4 Å². The van der Waals surface area contributed by atoms with Gasteiger partial charge in [-0.3, -0.25) is 0 Å². The predicted octanol–water partition coefficient (Wildman–Crippen LogP) is 4.30. The lowest BCUT2D eigenvalue weighted by molar-refractivity contribution is 0.471. The van der Waals surface area contributed by atoms with Crippen LogP contribution in [0.15, 0.2) is 54.6 Å². The van der Waals surface area contributed by atoms with Gasteiger partial charge in [0.25, 0.3) is 0 Å². The van der Waals surface area contributed by atoms with Gasteiger partial charge in [0.2, 0.25) is 0 Å². The van der Waals surface area contributed by atoms with E-state index in [0.717, 1.165) is 5.56 Å². The quantitative estimate of drug-likeness (QED) is 0.874. The zero-order valence-electron chi connectivity index (χ0n) is 12.0. The summed E-state index contributed by atoms with van der Waals surface area (Å²) in [7, 11) is 0. The summed E-state index contributed by atoms with van der Waals surface area (Å²) in [6.07, 6.45) is 0.472. The Bertz CT molecular complexity index is 584. The molecule has 0 bridgehead atoms. The Morgan fingerprint density at radius 1 is 1.05 bits per heavy atom. The molecule has 0 aliphatic heterocycles. The van der Waals surface area contributed by atoms with Gasteiger partial charge in [0.05, 0.1) is 12.5 Å². The Morgan fingerprint density at radius 2 is 1.70 bits per heavy atom. The molecule has 102 valence electrons. The van der Waals surface area contributed by atoms with Crippen LogP contribution in [-0.4, -0.2) is 0 Å². The Kier molecular flexibility index (Phi) is 4.92. The fourth-order valence-electron chi connectivity index (χ4n) is 2.51. The van der Waals surface area contributed by atoms with Crippen LogP contribution >= 0.6 is 0 Å². The summed E-state index contributed by atoms with van der Waals surface area (Å²) < 4.78 is 0. The van der Waals surface area contributed by atoms with Crippen LogP contribution in [0.4, 0.5) is 0 Å². The number of nitrogens with one attached hydrogen (secondary N) is 1. The van der Waals surface area contributed by atoms with Crippen molar-refractivity contribution in [3.63, 3.8) is 0 Å². The number of rotatable bonds is 5. The molecule has 0 radical (unpaired) electrons. The van der Waals surface area contributed by atoms with Gasteiger partial charge in [0, 0.05) is 12.1 Å². The van der Waals surface area contributed by atoms with Crippen molar-refractivity contribution in [1.29, 1.82) is 5.26 Å². The van der Waals surface area contributed by atoms with Gasteiger partial charge < -0.3 is 5.32 Å². The minimum absolute atomic E-state index is 0.0656. The Labute approximate surface area is 121 Å². The highest BCUT2D eigenvalue weighted by molar-refractivity contribution is 5.29. The molecule has 20 heavy (non-hydrogen) atoms. The van der Waals surface area contributed by atoms with Crippen molar-refractivity contribution < 1.29 is 0 Å². The third-order valence-corrected chi connectivity index (χ3v) is 3.60. The van der Waals surface area contributed by atoms with E-state index in [4.69, 9.17) is 5.26 Å². The van der Waals surface area contributed by atoms with E-state index in [1.807, 2.05) is 18.2 Å². The molecule has 2 atom stereocenters. The molecule has 0 heterocycles. The lowest BCUT2D eigenvalue weighted by atomic mass is 9.99. The fraction of sp³-hybridized carbons (Fsp3) is 0.278. The second-order valence-electron chi connectivity index (χ2n) is 5.07. The van der Waals surface area contributed by atoms with Crippen LogP contribution in [0, 0.1) is 18.3 Å². The van der Waals surface area contributed by atoms with Crippen molar-refractivity contribution >= 4 is 0 Å². The number of benzene rings is 2. The molecule has 0 saturated heterocycles. The molecule has 0 aliphatic rings. The van der Waals surface area contributed by atoms with E-state index in [0.29, 0.717) is 6.42 Å². The van der Waals surface area contributed by atoms with Crippen LogP contribution in [0.3, 0.4) is 0 Å². The third kappa shape index (κ3) is 3.46. The highest BCUT2D eigenvalue weighted by atomic mass is 14.9. The summed E-state index contributed by atoms with van der Waals surface area (Å²) >= 11 is 0. The van der Waals surface area contributed by atoms with Gasteiger partial charge in [0.1, 0.15) is 0 Å². The van der Waals surface area contributed by atoms with E-state index in [2.05, 4.69) is 61.6 Å². The first-order chi connectivity index (χ1) is 9.72.